The second-order valence-electron chi connectivity index (χ2n) is 13.3. The third-order valence-electron chi connectivity index (χ3n) is 8.80. The zero-order valence-corrected chi connectivity index (χ0v) is 28.1. The molecule has 2 aliphatic rings. The predicted molar refractivity (Wildman–Crippen MR) is 187 cm³/mol. The summed E-state index contributed by atoms with van der Waals surface area (Å²) in [6.07, 6.45) is 2.37. The van der Waals surface area contributed by atoms with Crippen LogP contribution in [0.25, 0.3) is 21.9 Å². The van der Waals surface area contributed by atoms with Crippen LogP contribution in [0.3, 0.4) is 0 Å². The number of rotatable bonds is 9. The topological polar surface area (TPSA) is 111 Å². The average Bonchev–Trinajstić information content (AvgIpc) is 3.58. The van der Waals surface area contributed by atoms with Crippen LogP contribution in [0.2, 0.25) is 0 Å². The highest BCUT2D eigenvalue weighted by Crippen LogP contribution is 2.37. The van der Waals surface area contributed by atoms with Gasteiger partial charge in [0.05, 0.1) is 57.0 Å². The molecule has 48 heavy (non-hydrogen) atoms. The Balaban J connectivity index is 1.22. The number of benzene rings is 3. The van der Waals surface area contributed by atoms with E-state index in [1.165, 1.54) is 7.11 Å². The molecule has 1 aromatic heterocycles. The van der Waals surface area contributed by atoms with Gasteiger partial charge in [0, 0.05) is 48.8 Å². The number of carbonyl (C=O) groups excluding carboxylic acids is 2. The summed E-state index contributed by atoms with van der Waals surface area (Å²) in [7, 11) is 1.53. The molecule has 6 rings (SSSR count). The van der Waals surface area contributed by atoms with Crippen molar-refractivity contribution in [3.05, 3.63) is 83.7 Å². The van der Waals surface area contributed by atoms with Gasteiger partial charge < -0.3 is 29.6 Å². The Morgan fingerprint density at radius 3 is 2.40 bits per heavy atom. The first kappa shape index (κ1) is 33.4. The highest BCUT2D eigenvalue weighted by Gasteiger charge is 2.25. The maximum Gasteiger partial charge on any atom is 0.323 e. The van der Waals surface area contributed by atoms with Crippen LogP contribution in [-0.2, 0) is 37.4 Å². The fourth-order valence-corrected chi connectivity index (χ4v) is 6.18. The van der Waals surface area contributed by atoms with E-state index >= 15 is 0 Å². The van der Waals surface area contributed by atoms with Gasteiger partial charge >= 0.3 is 12.0 Å². The van der Waals surface area contributed by atoms with Gasteiger partial charge in [-0.1, -0.05) is 63.2 Å². The van der Waals surface area contributed by atoms with Gasteiger partial charge in [-0.15, -0.1) is 0 Å². The predicted octanol–water partition coefficient (Wildman–Crippen LogP) is 6.56. The molecule has 1 unspecified atom stereocenters. The van der Waals surface area contributed by atoms with Crippen molar-refractivity contribution in [1.82, 2.24) is 9.88 Å². The van der Waals surface area contributed by atoms with Crippen LogP contribution in [0.4, 0.5) is 16.2 Å². The highest BCUT2D eigenvalue weighted by atomic mass is 16.6. The minimum atomic E-state index is -0.428. The number of urea groups is 1. The lowest BCUT2D eigenvalue weighted by Crippen LogP contribution is -2.35. The van der Waals surface area contributed by atoms with E-state index in [1.54, 1.807) is 0 Å². The van der Waals surface area contributed by atoms with Gasteiger partial charge in [-0.2, -0.15) is 0 Å². The monoisotopic (exact) mass is 652 g/mol. The molecule has 10 heteroatoms. The fraction of sp³-hybridized carbons (Fsp3) is 0.395. The summed E-state index contributed by atoms with van der Waals surface area (Å²) in [6, 6.07) is 19.5. The number of esters is 1. The Bertz CT molecular complexity index is 1760. The Morgan fingerprint density at radius 1 is 0.938 bits per heavy atom. The van der Waals surface area contributed by atoms with Gasteiger partial charge in [0.25, 0.3) is 0 Å². The zero-order valence-electron chi connectivity index (χ0n) is 28.1. The zero-order chi connectivity index (χ0) is 33.7. The lowest BCUT2D eigenvalue weighted by Gasteiger charge is -2.26. The second kappa shape index (κ2) is 14.7. The van der Waals surface area contributed by atoms with Crippen LogP contribution in [0.15, 0.2) is 66.9 Å². The third kappa shape index (κ3) is 7.95. The van der Waals surface area contributed by atoms with Crippen LogP contribution in [-0.4, -0.2) is 74.6 Å². The number of hydrogen-bond donors (Lipinski definition) is 2. The first-order valence-corrected chi connectivity index (χ1v) is 16.5. The summed E-state index contributed by atoms with van der Waals surface area (Å²) in [6.45, 7) is 11.4. The normalized spacial score (nSPS) is 16.9. The molecule has 2 amide bonds. The van der Waals surface area contributed by atoms with E-state index < -0.39 is 6.03 Å². The molecular formula is C38H44N4O6. The van der Waals surface area contributed by atoms with E-state index in [1.807, 2.05) is 54.7 Å². The Hall–Kier alpha value is -4.51. The second-order valence-corrected chi connectivity index (χ2v) is 13.3. The van der Waals surface area contributed by atoms with Gasteiger partial charge in [-0.3, -0.25) is 14.7 Å². The van der Waals surface area contributed by atoms with Crippen molar-refractivity contribution >= 4 is 34.1 Å². The molecule has 2 saturated heterocycles. The number of anilines is 2. The first-order valence-electron chi connectivity index (χ1n) is 16.5. The van der Waals surface area contributed by atoms with Crippen molar-refractivity contribution in [2.75, 3.05) is 57.3 Å². The molecule has 3 aromatic carbocycles. The third-order valence-corrected chi connectivity index (χ3v) is 8.80. The van der Waals surface area contributed by atoms with Gasteiger partial charge in [0.2, 0.25) is 0 Å². The van der Waals surface area contributed by atoms with Crippen LogP contribution < -0.4 is 15.4 Å². The molecule has 3 heterocycles. The van der Waals surface area contributed by atoms with Crippen molar-refractivity contribution in [2.24, 2.45) is 0 Å². The number of carbonyl (C=O) groups is 2. The number of ether oxygens (including phenoxy) is 4. The van der Waals surface area contributed by atoms with E-state index in [-0.39, 0.29) is 23.9 Å². The quantitative estimate of drug-likeness (QED) is 0.196. The number of morpholine rings is 1. The first-order chi connectivity index (χ1) is 23.2. The summed E-state index contributed by atoms with van der Waals surface area (Å²) in [5.41, 5.74) is 5.53. The van der Waals surface area contributed by atoms with Crippen molar-refractivity contribution in [1.29, 1.82) is 0 Å². The standard InChI is InChI=1S/C38H44N4O6/c1-38(2,3)27-19-26(20-35(43)48-29-13-16-47-24-29)36(45-4)34(21-27)41-37(44)40-33-12-11-30(31-7-5-6-8-32(31)33)25-9-10-28(39-22-25)23-42-14-17-46-18-15-42/h5-12,19,21-22,29H,13-18,20,23-24H2,1-4H3,(H2,40,41,44). The molecule has 0 saturated carbocycles. The van der Waals surface area contributed by atoms with Gasteiger partial charge in [-0.05, 0) is 40.1 Å². The van der Waals surface area contributed by atoms with Crippen molar-refractivity contribution in [2.45, 2.75) is 51.7 Å². The van der Waals surface area contributed by atoms with Crippen LogP contribution in [0.5, 0.6) is 5.75 Å². The number of amides is 2. The smallest absolute Gasteiger partial charge is 0.323 e. The minimum absolute atomic E-state index is 0.00897. The van der Waals surface area contributed by atoms with Crippen LogP contribution in [0, 0.1) is 0 Å². The molecule has 0 radical (unpaired) electrons. The molecule has 2 N–H and O–H groups in total. The summed E-state index contributed by atoms with van der Waals surface area (Å²) < 4.78 is 22.2. The molecule has 0 spiro atoms. The molecule has 1 atom stereocenters. The van der Waals surface area contributed by atoms with E-state index in [2.05, 4.69) is 48.4 Å². The van der Waals surface area contributed by atoms with E-state index in [0.29, 0.717) is 42.3 Å². The highest BCUT2D eigenvalue weighted by molar-refractivity contribution is 6.10. The van der Waals surface area contributed by atoms with Crippen molar-refractivity contribution < 1.29 is 28.5 Å². The molecule has 0 aliphatic carbocycles. The number of aromatic nitrogens is 1. The van der Waals surface area contributed by atoms with Gasteiger partial charge in [0.1, 0.15) is 11.9 Å². The summed E-state index contributed by atoms with van der Waals surface area (Å²) in [5.74, 6) is 0.0568. The molecule has 10 nitrogen and oxygen atoms in total. The number of methoxy groups -OCH3 is 1. The van der Waals surface area contributed by atoms with Crippen molar-refractivity contribution in [3.8, 4) is 16.9 Å². The number of nitrogens with zero attached hydrogens (tertiary/aromatic N) is 2. The van der Waals surface area contributed by atoms with Gasteiger partial charge in [-0.25, -0.2) is 4.79 Å². The summed E-state index contributed by atoms with van der Waals surface area (Å²) in [5, 5.41) is 7.93. The van der Waals surface area contributed by atoms with Crippen LogP contribution in [0.1, 0.15) is 44.0 Å². The number of fused-ring (bicyclic) bond motifs is 1. The minimum Gasteiger partial charge on any atom is -0.494 e. The molecule has 4 aromatic rings. The lowest BCUT2D eigenvalue weighted by atomic mass is 9.85. The number of hydrogen-bond acceptors (Lipinski definition) is 8. The van der Waals surface area contributed by atoms with Crippen LogP contribution >= 0.6 is 0 Å². The lowest BCUT2D eigenvalue weighted by molar-refractivity contribution is -0.148. The maximum absolute atomic E-state index is 13.6. The largest absolute Gasteiger partial charge is 0.494 e. The number of nitrogens with one attached hydrogen (secondary N) is 2. The molecule has 2 aliphatic heterocycles. The van der Waals surface area contributed by atoms with Gasteiger partial charge in [0.15, 0.2) is 0 Å². The summed E-state index contributed by atoms with van der Waals surface area (Å²) in [4.78, 5) is 33.6. The fourth-order valence-electron chi connectivity index (χ4n) is 6.18. The van der Waals surface area contributed by atoms with E-state index in [9.17, 15) is 9.59 Å². The Morgan fingerprint density at radius 2 is 1.71 bits per heavy atom. The SMILES string of the molecule is COc1c(CC(=O)OC2CCOC2)cc(C(C)(C)C)cc1NC(=O)Nc1ccc(-c2ccc(CN3CCOCC3)nc2)c2ccccc12. The summed E-state index contributed by atoms with van der Waals surface area (Å²) >= 11 is 0. The molecular weight excluding hydrogens is 608 g/mol. The average molecular weight is 653 g/mol. The number of pyridine rings is 1. The Labute approximate surface area is 281 Å². The van der Waals surface area contributed by atoms with E-state index in [4.69, 9.17) is 23.9 Å². The van der Waals surface area contributed by atoms with E-state index in [0.717, 1.165) is 66.0 Å². The molecule has 0 bridgehead atoms. The molecule has 2 fully saturated rings. The molecule has 252 valence electrons. The Kier molecular flexibility index (Phi) is 10.2. The van der Waals surface area contributed by atoms with Crippen molar-refractivity contribution in [3.63, 3.8) is 0 Å². The maximum atomic E-state index is 13.6.